The summed E-state index contributed by atoms with van der Waals surface area (Å²) in [6.45, 7) is 8.56. The molecule has 0 spiro atoms. The third-order valence-electron chi connectivity index (χ3n) is 3.12. The fourth-order valence-electron chi connectivity index (χ4n) is 2.02. The average Bonchev–Trinajstić information content (AvgIpc) is 2.63. The number of hydrogen-bond donors (Lipinski definition) is 1. The van der Waals surface area contributed by atoms with Gasteiger partial charge in [-0.1, -0.05) is 0 Å². The molecule has 1 N–H and O–H groups in total. The summed E-state index contributed by atoms with van der Waals surface area (Å²) >= 11 is 0. The Morgan fingerprint density at radius 3 is 2.45 bits per heavy atom. The van der Waals surface area contributed by atoms with Gasteiger partial charge in [-0.3, -0.25) is 10.1 Å². The van der Waals surface area contributed by atoms with Gasteiger partial charge in [0.2, 0.25) is 5.82 Å². The first-order chi connectivity index (χ1) is 9.23. The van der Waals surface area contributed by atoms with Crippen molar-refractivity contribution >= 4 is 11.5 Å². The number of nitro groups is 1. The van der Waals surface area contributed by atoms with Gasteiger partial charge in [-0.2, -0.15) is 5.10 Å². The lowest BCUT2D eigenvalue weighted by Crippen LogP contribution is -2.24. The largest absolute Gasteiger partial charge is 0.362 e. The van der Waals surface area contributed by atoms with Crippen LogP contribution in [0.2, 0.25) is 0 Å². The van der Waals surface area contributed by atoms with Crippen LogP contribution in [0.1, 0.15) is 38.9 Å². The Balaban J connectivity index is 2.99. The average molecular weight is 283 g/mol. The Hall–Kier alpha value is -1.63. The highest BCUT2D eigenvalue weighted by atomic mass is 16.6. The van der Waals surface area contributed by atoms with Crippen molar-refractivity contribution in [3.05, 3.63) is 15.8 Å². The lowest BCUT2D eigenvalue weighted by atomic mass is 10.2. The standard InChI is InChI=1S/C13H25N5O2/c1-9(2)17-13(12(18(19)20)11(4)15-17)14-10(3)7-8-16(5)6/h9-10,14H,7-8H2,1-6H3. The minimum absolute atomic E-state index is 0.0750. The quantitative estimate of drug-likeness (QED) is 0.614. The van der Waals surface area contributed by atoms with E-state index in [-0.39, 0.29) is 22.7 Å². The maximum Gasteiger partial charge on any atom is 0.333 e. The first-order valence-corrected chi connectivity index (χ1v) is 6.88. The van der Waals surface area contributed by atoms with Gasteiger partial charge in [-0.05, 0) is 54.8 Å². The van der Waals surface area contributed by atoms with Gasteiger partial charge in [0.05, 0.1) is 4.92 Å². The first kappa shape index (κ1) is 16.4. The number of nitrogens with one attached hydrogen (secondary N) is 1. The molecule has 0 amide bonds. The van der Waals surface area contributed by atoms with Gasteiger partial charge in [0.25, 0.3) is 0 Å². The third-order valence-corrected chi connectivity index (χ3v) is 3.12. The van der Waals surface area contributed by atoms with Gasteiger partial charge >= 0.3 is 5.69 Å². The monoisotopic (exact) mass is 283 g/mol. The molecule has 7 nitrogen and oxygen atoms in total. The Labute approximate surface area is 120 Å². The van der Waals surface area contributed by atoms with E-state index in [4.69, 9.17) is 0 Å². The molecule has 1 atom stereocenters. The lowest BCUT2D eigenvalue weighted by molar-refractivity contribution is -0.384. The van der Waals surface area contributed by atoms with Crippen LogP contribution in [0.5, 0.6) is 0 Å². The van der Waals surface area contributed by atoms with Gasteiger partial charge in [-0.15, -0.1) is 0 Å². The van der Waals surface area contributed by atoms with E-state index in [0.717, 1.165) is 13.0 Å². The molecule has 1 unspecified atom stereocenters. The van der Waals surface area contributed by atoms with Gasteiger partial charge < -0.3 is 10.2 Å². The van der Waals surface area contributed by atoms with Crippen LogP contribution in [0.4, 0.5) is 11.5 Å². The highest BCUT2D eigenvalue weighted by Crippen LogP contribution is 2.31. The van der Waals surface area contributed by atoms with Crippen LogP contribution in [-0.4, -0.2) is 46.3 Å². The topological polar surface area (TPSA) is 76.2 Å². The van der Waals surface area contributed by atoms with Crippen molar-refractivity contribution in [2.24, 2.45) is 0 Å². The van der Waals surface area contributed by atoms with Crippen molar-refractivity contribution < 1.29 is 4.92 Å². The van der Waals surface area contributed by atoms with Crippen LogP contribution >= 0.6 is 0 Å². The van der Waals surface area contributed by atoms with Crippen molar-refractivity contribution in [1.82, 2.24) is 14.7 Å². The number of aryl methyl sites for hydroxylation is 1. The van der Waals surface area contributed by atoms with E-state index in [9.17, 15) is 10.1 Å². The molecule has 0 aliphatic carbocycles. The first-order valence-electron chi connectivity index (χ1n) is 6.88. The predicted molar refractivity (Wildman–Crippen MR) is 80.3 cm³/mol. The van der Waals surface area contributed by atoms with E-state index in [0.29, 0.717) is 11.5 Å². The van der Waals surface area contributed by atoms with Crippen LogP contribution in [0, 0.1) is 17.0 Å². The van der Waals surface area contributed by atoms with E-state index in [1.54, 1.807) is 11.6 Å². The minimum atomic E-state index is -0.359. The Kier molecular flexibility index (Phi) is 5.50. The molecule has 0 aliphatic rings. The zero-order chi connectivity index (χ0) is 15.4. The summed E-state index contributed by atoms with van der Waals surface area (Å²) in [5.74, 6) is 0.508. The number of nitrogens with zero attached hydrogens (tertiary/aromatic N) is 4. The maximum atomic E-state index is 11.2. The summed E-state index contributed by atoms with van der Waals surface area (Å²) in [6, 6.07) is 0.218. The van der Waals surface area contributed by atoms with Crippen LogP contribution < -0.4 is 5.32 Å². The summed E-state index contributed by atoms with van der Waals surface area (Å²) in [4.78, 5) is 13.0. The zero-order valence-electron chi connectivity index (χ0n) is 13.2. The van der Waals surface area contributed by atoms with E-state index >= 15 is 0 Å². The summed E-state index contributed by atoms with van der Waals surface area (Å²) in [5.41, 5.74) is 0.529. The molecule has 114 valence electrons. The van der Waals surface area contributed by atoms with Crippen LogP contribution in [0.3, 0.4) is 0 Å². The lowest BCUT2D eigenvalue weighted by Gasteiger charge is -2.19. The van der Waals surface area contributed by atoms with Crippen molar-refractivity contribution in [3.8, 4) is 0 Å². The third kappa shape index (κ3) is 3.93. The fourth-order valence-corrected chi connectivity index (χ4v) is 2.02. The molecule has 0 radical (unpaired) electrons. The molecule has 0 saturated carbocycles. The van der Waals surface area contributed by atoms with Crippen molar-refractivity contribution in [3.63, 3.8) is 0 Å². The van der Waals surface area contributed by atoms with Crippen molar-refractivity contribution in [2.75, 3.05) is 26.0 Å². The molecule has 1 aromatic rings. The zero-order valence-corrected chi connectivity index (χ0v) is 13.2. The molecular formula is C13H25N5O2. The number of rotatable bonds is 7. The highest BCUT2D eigenvalue weighted by molar-refractivity contribution is 5.60. The molecule has 1 rings (SSSR count). The molecule has 20 heavy (non-hydrogen) atoms. The van der Waals surface area contributed by atoms with Gasteiger partial charge in [0.1, 0.15) is 5.69 Å². The molecule has 0 aromatic carbocycles. The second kappa shape index (κ2) is 6.69. The van der Waals surface area contributed by atoms with Crippen molar-refractivity contribution in [2.45, 2.75) is 46.2 Å². The predicted octanol–water partition coefficient (Wildman–Crippen LogP) is 2.43. The summed E-state index contributed by atoms with van der Waals surface area (Å²) < 4.78 is 1.69. The normalized spacial score (nSPS) is 13.0. The van der Waals surface area contributed by atoms with Crippen LogP contribution in [-0.2, 0) is 0 Å². The van der Waals surface area contributed by atoms with E-state index in [1.807, 2.05) is 34.9 Å². The second-order valence-electron chi connectivity index (χ2n) is 5.72. The smallest absolute Gasteiger partial charge is 0.333 e. The maximum absolute atomic E-state index is 11.2. The second-order valence-corrected chi connectivity index (χ2v) is 5.72. The van der Waals surface area contributed by atoms with Crippen LogP contribution in [0.25, 0.3) is 0 Å². The SMILES string of the molecule is Cc1nn(C(C)C)c(NC(C)CCN(C)C)c1[N+](=O)[O-]. The fraction of sp³-hybridized carbons (Fsp3) is 0.769. The molecule has 0 fully saturated rings. The summed E-state index contributed by atoms with van der Waals surface area (Å²) in [5, 5.41) is 18.8. The molecule has 0 bridgehead atoms. The molecule has 1 aromatic heterocycles. The Morgan fingerprint density at radius 2 is 2.00 bits per heavy atom. The van der Waals surface area contributed by atoms with Gasteiger partial charge in [0, 0.05) is 12.1 Å². The molecule has 1 heterocycles. The Morgan fingerprint density at radius 1 is 1.40 bits per heavy atom. The van der Waals surface area contributed by atoms with Gasteiger partial charge in [0.15, 0.2) is 0 Å². The molecular weight excluding hydrogens is 258 g/mol. The van der Waals surface area contributed by atoms with E-state index in [1.165, 1.54) is 0 Å². The number of aromatic nitrogens is 2. The molecule has 0 saturated heterocycles. The Bertz CT molecular complexity index is 468. The highest BCUT2D eigenvalue weighted by Gasteiger charge is 2.27. The summed E-state index contributed by atoms with van der Waals surface area (Å²) in [6.07, 6.45) is 0.909. The number of hydrogen-bond acceptors (Lipinski definition) is 5. The number of anilines is 1. The molecule has 7 heteroatoms. The van der Waals surface area contributed by atoms with E-state index < -0.39 is 0 Å². The van der Waals surface area contributed by atoms with E-state index in [2.05, 4.69) is 15.3 Å². The molecule has 0 aliphatic heterocycles. The van der Waals surface area contributed by atoms with Gasteiger partial charge in [-0.25, -0.2) is 4.68 Å². The minimum Gasteiger partial charge on any atom is -0.362 e. The van der Waals surface area contributed by atoms with Crippen LogP contribution in [0.15, 0.2) is 0 Å². The summed E-state index contributed by atoms with van der Waals surface area (Å²) in [7, 11) is 4.02. The van der Waals surface area contributed by atoms with Crippen molar-refractivity contribution in [1.29, 1.82) is 0 Å².